The Labute approximate surface area is 131 Å². The third-order valence-corrected chi connectivity index (χ3v) is 4.50. The molecule has 1 N–H and O–H groups in total. The van der Waals surface area contributed by atoms with Crippen LogP contribution in [-0.4, -0.2) is 56.1 Å². The van der Waals surface area contributed by atoms with Crippen LogP contribution in [0, 0.1) is 0 Å². The Morgan fingerprint density at radius 2 is 2.14 bits per heavy atom. The molecule has 1 aromatic carbocycles. The summed E-state index contributed by atoms with van der Waals surface area (Å²) in [6.07, 6.45) is 2.65. The van der Waals surface area contributed by atoms with Gasteiger partial charge in [0.15, 0.2) is 11.5 Å². The van der Waals surface area contributed by atoms with Crippen LogP contribution in [0.1, 0.15) is 30.9 Å². The highest BCUT2D eigenvalue weighted by Crippen LogP contribution is 2.33. The van der Waals surface area contributed by atoms with Gasteiger partial charge in [0.2, 0.25) is 0 Å². The van der Waals surface area contributed by atoms with Gasteiger partial charge < -0.3 is 19.3 Å². The van der Waals surface area contributed by atoms with Gasteiger partial charge in [0.25, 0.3) is 0 Å². The summed E-state index contributed by atoms with van der Waals surface area (Å²) >= 11 is 0. The van der Waals surface area contributed by atoms with Gasteiger partial charge >= 0.3 is 0 Å². The molecule has 0 unspecified atom stereocenters. The molecule has 0 aliphatic carbocycles. The molecule has 5 heteroatoms. The summed E-state index contributed by atoms with van der Waals surface area (Å²) in [5.74, 6) is 1.50. The van der Waals surface area contributed by atoms with Crippen molar-refractivity contribution < 1.29 is 19.3 Å². The van der Waals surface area contributed by atoms with Crippen molar-refractivity contribution in [3.05, 3.63) is 23.8 Å². The average molecular weight is 307 g/mol. The van der Waals surface area contributed by atoms with E-state index in [4.69, 9.17) is 14.2 Å². The number of methoxy groups -OCH3 is 1. The van der Waals surface area contributed by atoms with Gasteiger partial charge in [0.1, 0.15) is 13.2 Å². The van der Waals surface area contributed by atoms with Crippen molar-refractivity contribution >= 4 is 0 Å². The predicted molar refractivity (Wildman–Crippen MR) is 83.5 cm³/mol. The van der Waals surface area contributed by atoms with Gasteiger partial charge in [-0.1, -0.05) is 6.07 Å². The topological polar surface area (TPSA) is 51.2 Å². The monoisotopic (exact) mass is 307 g/mol. The normalized spacial score (nSPS) is 22.7. The number of hydrogen-bond acceptors (Lipinski definition) is 5. The van der Waals surface area contributed by atoms with Gasteiger partial charge in [0, 0.05) is 19.7 Å². The zero-order valence-electron chi connectivity index (χ0n) is 13.2. The molecule has 0 radical (unpaired) electrons. The van der Waals surface area contributed by atoms with E-state index in [1.165, 1.54) is 12.8 Å². The maximum absolute atomic E-state index is 10.4. The molecule has 1 fully saturated rings. The van der Waals surface area contributed by atoms with Crippen molar-refractivity contribution in [2.75, 3.05) is 40.0 Å². The number of rotatable bonds is 6. The molecule has 0 aromatic heterocycles. The summed E-state index contributed by atoms with van der Waals surface area (Å²) in [5.41, 5.74) is 0.895. The molecule has 5 nitrogen and oxygen atoms in total. The second kappa shape index (κ2) is 7.31. The summed E-state index contributed by atoms with van der Waals surface area (Å²) < 4.78 is 16.4. The second-order valence-electron chi connectivity index (χ2n) is 5.99. The molecule has 22 heavy (non-hydrogen) atoms. The number of benzene rings is 1. The summed E-state index contributed by atoms with van der Waals surface area (Å²) in [7, 11) is 1.75. The number of aliphatic hydroxyl groups excluding tert-OH is 1. The molecule has 122 valence electrons. The summed E-state index contributed by atoms with van der Waals surface area (Å²) in [4.78, 5) is 2.42. The molecule has 0 amide bonds. The minimum absolute atomic E-state index is 0.473. The van der Waals surface area contributed by atoms with E-state index in [2.05, 4.69) is 4.90 Å². The summed E-state index contributed by atoms with van der Waals surface area (Å²) in [6, 6.07) is 6.21. The Balaban J connectivity index is 1.56. The van der Waals surface area contributed by atoms with E-state index in [9.17, 15) is 5.11 Å². The highest BCUT2D eigenvalue weighted by Gasteiger charge is 2.25. The van der Waals surface area contributed by atoms with Crippen LogP contribution in [-0.2, 0) is 4.74 Å². The van der Waals surface area contributed by atoms with Gasteiger partial charge in [-0.15, -0.1) is 0 Å². The Morgan fingerprint density at radius 1 is 1.32 bits per heavy atom. The van der Waals surface area contributed by atoms with Gasteiger partial charge in [0.05, 0.1) is 12.7 Å². The van der Waals surface area contributed by atoms with Crippen LogP contribution in [0.25, 0.3) is 0 Å². The molecule has 1 saturated heterocycles. The Bertz CT molecular complexity index is 494. The van der Waals surface area contributed by atoms with Crippen molar-refractivity contribution in [1.82, 2.24) is 4.90 Å². The first-order chi connectivity index (χ1) is 10.8. The SMILES string of the molecule is COC[C@@H]1CCCN1CC[C@@H](O)c1ccc2c(c1)OCCO2. The fourth-order valence-electron chi connectivity index (χ4n) is 3.29. The second-order valence-corrected chi connectivity index (χ2v) is 5.99. The standard InChI is InChI=1S/C17H25NO4/c1-20-12-14-3-2-7-18(14)8-6-15(19)13-4-5-16-17(11-13)22-10-9-21-16/h4-5,11,14-15,19H,2-3,6-10,12H2,1H3/t14-,15+/m0/s1. The highest BCUT2D eigenvalue weighted by molar-refractivity contribution is 5.44. The molecule has 2 aliphatic rings. The fourth-order valence-corrected chi connectivity index (χ4v) is 3.29. The van der Waals surface area contributed by atoms with E-state index < -0.39 is 6.10 Å². The number of ether oxygens (including phenoxy) is 3. The smallest absolute Gasteiger partial charge is 0.161 e. The Kier molecular flexibility index (Phi) is 5.18. The molecule has 3 rings (SSSR count). The third kappa shape index (κ3) is 3.54. The molecule has 0 bridgehead atoms. The van der Waals surface area contributed by atoms with Crippen molar-refractivity contribution in [2.24, 2.45) is 0 Å². The molecule has 2 aliphatic heterocycles. The van der Waals surface area contributed by atoms with Gasteiger partial charge in [-0.05, 0) is 43.5 Å². The lowest BCUT2D eigenvalue weighted by atomic mass is 10.1. The average Bonchev–Trinajstić information content (AvgIpc) is 3.00. The van der Waals surface area contributed by atoms with E-state index in [-0.39, 0.29) is 0 Å². The van der Waals surface area contributed by atoms with Crippen LogP contribution >= 0.6 is 0 Å². The van der Waals surface area contributed by atoms with E-state index in [0.29, 0.717) is 19.3 Å². The zero-order valence-corrected chi connectivity index (χ0v) is 13.2. The summed E-state index contributed by atoms with van der Waals surface area (Å²) in [5, 5.41) is 10.4. The minimum Gasteiger partial charge on any atom is -0.486 e. The van der Waals surface area contributed by atoms with Crippen molar-refractivity contribution in [3.63, 3.8) is 0 Å². The van der Waals surface area contributed by atoms with E-state index in [0.717, 1.165) is 43.2 Å². The lowest BCUT2D eigenvalue weighted by Gasteiger charge is -2.25. The molecule has 2 heterocycles. The van der Waals surface area contributed by atoms with Crippen molar-refractivity contribution in [2.45, 2.75) is 31.4 Å². The van der Waals surface area contributed by atoms with Gasteiger partial charge in [-0.25, -0.2) is 0 Å². The van der Waals surface area contributed by atoms with Crippen LogP contribution in [0.15, 0.2) is 18.2 Å². The quantitative estimate of drug-likeness (QED) is 0.871. The van der Waals surface area contributed by atoms with Gasteiger partial charge in [-0.2, -0.15) is 0 Å². The van der Waals surface area contributed by atoms with Crippen LogP contribution in [0.5, 0.6) is 11.5 Å². The maximum atomic E-state index is 10.4. The van der Waals surface area contributed by atoms with Crippen LogP contribution in [0.3, 0.4) is 0 Å². The Hall–Kier alpha value is -1.30. The molecule has 1 aromatic rings. The number of fused-ring (bicyclic) bond motifs is 1. The first kappa shape index (κ1) is 15.6. The number of likely N-dealkylation sites (tertiary alicyclic amines) is 1. The van der Waals surface area contributed by atoms with Crippen LogP contribution in [0.2, 0.25) is 0 Å². The number of hydrogen-bond donors (Lipinski definition) is 1. The number of nitrogens with zero attached hydrogens (tertiary/aromatic N) is 1. The first-order valence-electron chi connectivity index (χ1n) is 8.08. The van der Waals surface area contributed by atoms with Crippen LogP contribution < -0.4 is 9.47 Å². The van der Waals surface area contributed by atoms with Crippen molar-refractivity contribution in [3.8, 4) is 11.5 Å². The molecule has 0 saturated carbocycles. The molecular weight excluding hydrogens is 282 g/mol. The molecule has 2 atom stereocenters. The largest absolute Gasteiger partial charge is 0.486 e. The minimum atomic E-state index is -0.473. The van der Waals surface area contributed by atoms with E-state index in [1.54, 1.807) is 7.11 Å². The zero-order chi connectivity index (χ0) is 15.4. The van der Waals surface area contributed by atoms with Crippen LogP contribution in [0.4, 0.5) is 0 Å². The third-order valence-electron chi connectivity index (χ3n) is 4.50. The molecule has 0 spiro atoms. The first-order valence-corrected chi connectivity index (χ1v) is 8.08. The maximum Gasteiger partial charge on any atom is 0.161 e. The Morgan fingerprint density at radius 3 is 2.95 bits per heavy atom. The summed E-state index contributed by atoms with van der Waals surface area (Å²) in [6.45, 7) is 3.93. The lowest BCUT2D eigenvalue weighted by molar-refractivity contribution is 0.0956. The van der Waals surface area contributed by atoms with Crippen molar-refractivity contribution in [1.29, 1.82) is 0 Å². The highest BCUT2D eigenvalue weighted by atomic mass is 16.6. The number of aliphatic hydroxyl groups is 1. The van der Waals surface area contributed by atoms with E-state index >= 15 is 0 Å². The van der Waals surface area contributed by atoms with E-state index in [1.807, 2.05) is 18.2 Å². The van der Waals surface area contributed by atoms with Gasteiger partial charge in [-0.3, -0.25) is 4.90 Å². The molecular formula is C17H25NO4. The lowest BCUT2D eigenvalue weighted by Crippen LogP contribution is -2.34. The fraction of sp³-hybridized carbons (Fsp3) is 0.647. The predicted octanol–water partition coefficient (Wildman–Crippen LogP) is 1.99.